The van der Waals surface area contributed by atoms with Gasteiger partial charge in [0.2, 0.25) is 6.41 Å². The van der Waals surface area contributed by atoms with Gasteiger partial charge in [0.25, 0.3) is 0 Å². The minimum absolute atomic E-state index is 0.0470. The zero-order valence-electron chi connectivity index (χ0n) is 11.5. The number of hydrogen-bond donors (Lipinski definition) is 3. The third-order valence-corrected chi connectivity index (χ3v) is 2.53. The zero-order chi connectivity index (χ0) is 14.5. The first kappa shape index (κ1) is 15.4. The molecule has 7 heteroatoms. The van der Waals surface area contributed by atoms with E-state index in [2.05, 4.69) is 10.6 Å². The van der Waals surface area contributed by atoms with E-state index in [0.29, 0.717) is 25.9 Å². The molecule has 1 rings (SSSR count). The van der Waals surface area contributed by atoms with Gasteiger partial charge in [-0.1, -0.05) is 0 Å². The fourth-order valence-electron chi connectivity index (χ4n) is 1.72. The van der Waals surface area contributed by atoms with Crippen LogP contribution in [0.25, 0.3) is 0 Å². The fourth-order valence-corrected chi connectivity index (χ4v) is 1.72. The van der Waals surface area contributed by atoms with Gasteiger partial charge in [-0.25, -0.2) is 4.79 Å². The largest absolute Gasteiger partial charge is 0.444 e. The molecule has 0 saturated carbocycles. The van der Waals surface area contributed by atoms with Crippen molar-refractivity contribution in [1.29, 1.82) is 5.41 Å². The molecule has 0 aromatic rings. The Bertz CT molecular complexity index is 343. The van der Waals surface area contributed by atoms with E-state index in [0.717, 1.165) is 0 Å². The monoisotopic (exact) mass is 271 g/mol. The predicted octanol–water partition coefficient (Wildman–Crippen LogP) is 0.782. The summed E-state index contributed by atoms with van der Waals surface area (Å²) >= 11 is 0. The van der Waals surface area contributed by atoms with Gasteiger partial charge in [0.15, 0.2) is 0 Å². The molecule has 0 aliphatic carbocycles. The predicted molar refractivity (Wildman–Crippen MR) is 69.1 cm³/mol. The highest BCUT2D eigenvalue weighted by Crippen LogP contribution is 2.15. The number of alkyl carbamates (subject to hydrolysis) is 1. The maximum Gasteiger partial charge on any atom is 0.407 e. The Morgan fingerprint density at radius 2 is 2.11 bits per heavy atom. The second-order valence-electron chi connectivity index (χ2n) is 5.42. The Morgan fingerprint density at radius 3 is 2.58 bits per heavy atom. The molecule has 19 heavy (non-hydrogen) atoms. The molecule has 0 aromatic heterocycles. The molecular weight excluding hydrogens is 250 g/mol. The molecule has 0 unspecified atom stereocenters. The summed E-state index contributed by atoms with van der Waals surface area (Å²) in [5.41, 5.74) is -0.530. The lowest BCUT2D eigenvalue weighted by Gasteiger charge is -2.30. The minimum atomic E-state index is -0.530. The van der Waals surface area contributed by atoms with Crippen molar-refractivity contribution in [1.82, 2.24) is 10.6 Å². The van der Waals surface area contributed by atoms with Gasteiger partial charge in [-0.2, -0.15) is 0 Å². The van der Waals surface area contributed by atoms with E-state index in [9.17, 15) is 9.59 Å². The summed E-state index contributed by atoms with van der Waals surface area (Å²) in [6.07, 6.45) is 0.812. The summed E-state index contributed by atoms with van der Waals surface area (Å²) in [6, 6.07) is -0.130. The van der Waals surface area contributed by atoms with Crippen LogP contribution in [0, 0.1) is 5.41 Å². The summed E-state index contributed by atoms with van der Waals surface area (Å²) in [5.74, 6) is 0.0470. The highest BCUT2D eigenvalue weighted by atomic mass is 16.6. The van der Waals surface area contributed by atoms with Crippen molar-refractivity contribution < 1.29 is 19.1 Å². The molecule has 0 radical (unpaired) electrons. The SMILES string of the molecule is CC(C)(C)OC(=O)N[C@@H]1CC[C@@H](C(=N)NC=O)OC1. The van der Waals surface area contributed by atoms with Crippen LogP contribution in [0.2, 0.25) is 0 Å². The Hall–Kier alpha value is -1.63. The van der Waals surface area contributed by atoms with Gasteiger partial charge in [0.05, 0.1) is 12.6 Å². The van der Waals surface area contributed by atoms with E-state index >= 15 is 0 Å². The number of amides is 2. The molecule has 1 saturated heterocycles. The summed E-state index contributed by atoms with van der Waals surface area (Å²) in [7, 11) is 0. The van der Waals surface area contributed by atoms with Crippen LogP contribution >= 0.6 is 0 Å². The van der Waals surface area contributed by atoms with E-state index in [-0.39, 0.29) is 11.9 Å². The van der Waals surface area contributed by atoms with Crippen LogP contribution in [0.5, 0.6) is 0 Å². The third kappa shape index (κ3) is 5.69. The van der Waals surface area contributed by atoms with Gasteiger partial charge in [-0.3, -0.25) is 10.2 Å². The molecule has 0 aromatic carbocycles. The molecule has 0 spiro atoms. The molecule has 2 atom stereocenters. The molecule has 108 valence electrons. The average Bonchev–Trinajstić information content (AvgIpc) is 2.27. The molecule has 1 fully saturated rings. The zero-order valence-corrected chi connectivity index (χ0v) is 11.5. The van der Waals surface area contributed by atoms with Gasteiger partial charge in [0, 0.05) is 0 Å². The number of carbonyl (C=O) groups excluding carboxylic acids is 2. The molecule has 0 bridgehead atoms. The van der Waals surface area contributed by atoms with Crippen LogP contribution in [0.4, 0.5) is 4.79 Å². The van der Waals surface area contributed by atoms with E-state index in [1.807, 2.05) is 0 Å². The van der Waals surface area contributed by atoms with E-state index in [4.69, 9.17) is 14.9 Å². The molecule has 2 amide bonds. The maximum absolute atomic E-state index is 11.6. The van der Waals surface area contributed by atoms with Crippen LogP contribution in [-0.4, -0.2) is 42.7 Å². The first-order valence-corrected chi connectivity index (χ1v) is 6.21. The van der Waals surface area contributed by atoms with Crippen LogP contribution < -0.4 is 10.6 Å². The van der Waals surface area contributed by atoms with Crippen LogP contribution in [-0.2, 0) is 14.3 Å². The topological polar surface area (TPSA) is 101 Å². The standard InChI is InChI=1S/C12H21N3O4/c1-12(2,3)19-11(17)15-8-4-5-9(18-6-8)10(13)14-7-16/h7-9H,4-6H2,1-3H3,(H,15,17)(H2,13,14,16)/t8-,9+/m1/s1. The Balaban J connectivity index is 2.32. The second kappa shape index (κ2) is 6.51. The molecule has 1 aliphatic heterocycles. The minimum Gasteiger partial charge on any atom is -0.444 e. The highest BCUT2D eigenvalue weighted by Gasteiger charge is 2.27. The average molecular weight is 271 g/mol. The Morgan fingerprint density at radius 1 is 1.42 bits per heavy atom. The smallest absolute Gasteiger partial charge is 0.407 e. The van der Waals surface area contributed by atoms with E-state index in [1.54, 1.807) is 20.8 Å². The fraction of sp³-hybridized carbons (Fsp3) is 0.750. The lowest BCUT2D eigenvalue weighted by molar-refractivity contribution is -0.108. The number of rotatable bonds is 3. The van der Waals surface area contributed by atoms with Crippen molar-refractivity contribution in [3.05, 3.63) is 0 Å². The first-order chi connectivity index (χ1) is 8.81. The summed E-state index contributed by atoms with van der Waals surface area (Å²) in [5, 5.41) is 12.5. The highest BCUT2D eigenvalue weighted by molar-refractivity contribution is 5.91. The third-order valence-electron chi connectivity index (χ3n) is 2.53. The number of ether oxygens (including phenoxy) is 2. The Labute approximate surface area is 112 Å². The van der Waals surface area contributed by atoms with Gasteiger partial charge in [0.1, 0.15) is 17.5 Å². The van der Waals surface area contributed by atoms with Gasteiger partial charge in [-0.15, -0.1) is 0 Å². The van der Waals surface area contributed by atoms with Crippen molar-refractivity contribution in [3.8, 4) is 0 Å². The maximum atomic E-state index is 11.6. The molecule has 7 nitrogen and oxygen atoms in total. The van der Waals surface area contributed by atoms with Crippen molar-refractivity contribution >= 4 is 18.3 Å². The normalized spacial score (nSPS) is 23.3. The summed E-state index contributed by atoms with van der Waals surface area (Å²) in [6.45, 7) is 5.69. The molecule has 1 aliphatic rings. The van der Waals surface area contributed by atoms with Crippen molar-refractivity contribution in [2.45, 2.75) is 51.4 Å². The van der Waals surface area contributed by atoms with Crippen LogP contribution in [0.15, 0.2) is 0 Å². The number of nitrogens with one attached hydrogen (secondary N) is 3. The molecular formula is C12H21N3O4. The number of hydrogen-bond acceptors (Lipinski definition) is 5. The molecule has 1 heterocycles. The first-order valence-electron chi connectivity index (χ1n) is 6.21. The number of amidine groups is 1. The van der Waals surface area contributed by atoms with Crippen LogP contribution in [0.1, 0.15) is 33.6 Å². The second-order valence-corrected chi connectivity index (χ2v) is 5.42. The van der Waals surface area contributed by atoms with Gasteiger partial charge < -0.3 is 20.1 Å². The van der Waals surface area contributed by atoms with Crippen molar-refractivity contribution in [2.24, 2.45) is 0 Å². The van der Waals surface area contributed by atoms with Crippen LogP contribution in [0.3, 0.4) is 0 Å². The Kier molecular flexibility index (Phi) is 5.29. The number of carbonyl (C=O) groups is 2. The summed E-state index contributed by atoms with van der Waals surface area (Å²) < 4.78 is 10.6. The van der Waals surface area contributed by atoms with Gasteiger partial charge in [-0.05, 0) is 33.6 Å². The lowest BCUT2D eigenvalue weighted by Crippen LogP contribution is -2.47. The van der Waals surface area contributed by atoms with Gasteiger partial charge >= 0.3 is 6.09 Å². The van der Waals surface area contributed by atoms with E-state index < -0.39 is 17.8 Å². The summed E-state index contributed by atoms with van der Waals surface area (Å²) in [4.78, 5) is 21.8. The van der Waals surface area contributed by atoms with E-state index in [1.165, 1.54) is 0 Å². The van der Waals surface area contributed by atoms with Crippen molar-refractivity contribution in [3.63, 3.8) is 0 Å². The molecule has 3 N–H and O–H groups in total. The lowest BCUT2D eigenvalue weighted by atomic mass is 10.0. The van der Waals surface area contributed by atoms with Crippen molar-refractivity contribution in [2.75, 3.05) is 6.61 Å². The quantitative estimate of drug-likeness (QED) is 0.401.